The van der Waals surface area contributed by atoms with E-state index in [1.54, 1.807) is 6.07 Å². The molecule has 2 atom stereocenters. The van der Waals surface area contributed by atoms with Crippen molar-refractivity contribution in [1.82, 2.24) is 10.6 Å². The molecule has 0 aromatic heterocycles. The zero-order valence-corrected chi connectivity index (χ0v) is 15.2. The zero-order valence-electron chi connectivity index (χ0n) is 15.2. The Balaban J connectivity index is 1.73. The number of carbonyl (C=O) groups is 1. The van der Waals surface area contributed by atoms with E-state index in [0.29, 0.717) is 18.2 Å². The van der Waals surface area contributed by atoms with Crippen molar-refractivity contribution in [3.63, 3.8) is 0 Å². The summed E-state index contributed by atoms with van der Waals surface area (Å²) in [4.78, 5) is 12.6. The first-order chi connectivity index (χ1) is 12.3. The first kappa shape index (κ1) is 19.2. The molecule has 3 rings (SSSR count). The molecule has 3 nitrogen and oxygen atoms in total. The molecule has 2 N–H and O–H groups in total. The number of alkyl halides is 3. The molecule has 0 bridgehead atoms. The smallest absolute Gasteiger partial charge is 0.355 e. The molecule has 1 heterocycles. The number of piperidine rings is 1. The largest absolute Gasteiger partial charge is 0.416 e. The van der Waals surface area contributed by atoms with Crippen LogP contribution in [0, 0.1) is 5.92 Å². The maximum absolute atomic E-state index is 13.1. The van der Waals surface area contributed by atoms with Gasteiger partial charge >= 0.3 is 6.18 Å². The highest BCUT2D eigenvalue weighted by molar-refractivity contribution is 5.79. The molecule has 2 fully saturated rings. The Kier molecular flexibility index (Phi) is 5.61. The number of hydrogen-bond acceptors (Lipinski definition) is 2. The van der Waals surface area contributed by atoms with E-state index in [4.69, 9.17) is 0 Å². The molecule has 1 saturated carbocycles. The van der Waals surface area contributed by atoms with Crippen LogP contribution in [0.15, 0.2) is 24.3 Å². The zero-order chi connectivity index (χ0) is 18.8. The summed E-state index contributed by atoms with van der Waals surface area (Å²) in [6, 6.07) is 5.96. The SMILES string of the molecule is C[C@H]1C[C@@H](C(=O)NCC2(c3cccc(C(F)(F)F)c3)CCCC2)CCN1. The van der Waals surface area contributed by atoms with Crippen molar-refractivity contribution in [3.05, 3.63) is 35.4 Å². The Morgan fingerprint density at radius 1 is 1.31 bits per heavy atom. The summed E-state index contributed by atoms with van der Waals surface area (Å²) in [5.41, 5.74) is -0.293. The van der Waals surface area contributed by atoms with Gasteiger partial charge in [0.1, 0.15) is 0 Å². The molecule has 0 unspecified atom stereocenters. The topological polar surface area (TPSA) is 41.1 Å². The number of halogens is 3. The van der Waals surface area contributed by atoms with Gasteiger partial charge in [0.05, 0.1) is 5.56 Å². The van der Waals surface area contributed by atoms with Crippen molar-refractivity contribution in [1.29, 1.82) is 0 Å². The van der Waals surface area contributed by atoms with Gasteiger partial charge in [-0.2, -0.15) is 13.2 Å². The summed E-state index contributed by atoms with van der Waals surface area (Å²) in [6.45, 7) is 3.32. The van der Waals surface area contributed by atoms with Gasteiger partial charge in [-0.25, -0.2) is 0 Å². The van der Waals surface area contributed by atoms with Crippen LogP contribution in [-0.2, 0) is 16.4 Å². The number of nitrogens with one attached hydrogen (secondary N) is 2. The van der Waals surface area contributed by atoms with Crippen molar-refractivity contribution >= 4 is 5.91 Å². The molecule has 1 amide bonds. The van der Waals surface area contributed by atoms with Gasteiger partial charge in [-0.1, -0.05) is 31.0 Å². The first-order valence-corrected chi connectivity index (χ1v) is 9.49. The summed E-state index contributed by atoms with van der Waals surface area (Å²) in [5.74, 6) is 0.0304. The number of hydrogen-bond donors (Lipinski definition) is 2. The second-order valence-corrected chi connectivity index (χ2v) is 7.86. The minimum Gasteiger partial charge on any atom is -0.355 e. The lowest BCUT2D eigenvalue weighted by atomic mass is 9.78. The van der Waals surface area contributed by atoms with Crippen LogP contribution in [0.3, 0.4) is 0 Å². The van der Waals surface area contributed by atoms with E-state index in [1.807, 2.05) is 0 Å². The molecule has 26 heavy (non-hydrogen) atoms. The fourth-order valence-electron chi connectivity index (χ4n) is 4.42. The third-order valence-corrected chi connectivity index (χ3v) is 5.96. The van der Waals surface area contributed by atoms with Gasteiger partial charge in [-0.15, -0.1) is 0 Å². The summed E-state index contributed by atoms with van der Waals surface area (Å²) in [7, 11) is 0. The molecule has 0 spiro atoms. The van der Waals surface area contributed by atoms with Crippen molar-refractivity contribution in [3.8, 4) is 0 Å². The van der Waals surface area contributed by atoms with Gasteiger partial charge in [0.25, 0.3) is 0 Å². The lowest BCUT2D eigenvalue weighted by molar-refractivity contribution is -0.137. The minimum atomic E-state index is -4.34. The van der Waals surface area contributed by atoms with E-state index in [-0.39, 0.29) is 17.2 Å². The van der Waals surface area contributed by atoms with Gasteiger partial charge in [0.2, 0.25) is 5.91 Å². The number of carbonyl (C=O) groups excluding carboxylic acids is 1. The Morgan fingerprint density at radius 2 is 2.04 bits per heavy atom. The fraction of sp³-hybridized carbons (Fsp3) is 0.650. The van der Waals surface area contributed by atoms with Gasteiger partial charge in [0.15, 0.2) is 0 Å². The highest BCUT2D eigenvalue weighted by Gasteiger charge is 2.39. The summed E-state index contributed by atoms with van der Waals surface area (Å²) in [6.07, 6.45) is 0.876. The lowest BCUT2D eigenvalue weighted by Crippen LogP contribution is -2.46. The average molecular weight is 368 g/mol. The predicted molar refractivity (Wildman–Crippen MR) is 94.8 cm³/mol. The standard InChI is InChI=1S/C20H27F3N2O/c1-14-11-15(7-10-24-14)18(26)25-13-19(8-2-3-9-19)16-5-4-6-17(12-16)20(21,22)23/h4-6,12,14-15,24H,2-3,7-11,13H2,1H3,(H,25,26)/t14-,15-/m0/s1. The Hall–Kier alpha value is -1.56. The molecule has 1 aliphatic heterocycles. The molecular formula is C20H27F3N2O. The molecule has 1 aromatic rings. The third kappa shape index (κ3) is 4.22. The maximum atomic E-state index is 13.1. The van der Waals surface area contributed by atoms with Crippen LogP contribution in [0.1, 0.15) is 56.6 Å². The molecular weight excluding hydrogens is 341 g/mol. The Morgan fingerprint density at radius 3 is 2.69 bits per heavy atom. The van der Waals surface area contributed by atoms with Crippen LogP contribution in [0.5, 0.6) is 0 Å². The fourth-order valence-corrected chi connectivity index (χ4v) is 4.42. The minimum absolute atomic E-state index is 0.00814. The second kappa shape index (κ2) is 7.59. The van der Waals surface area contributed by atoms with E-state index >= 15 is 0 Å². The van der Waals surface area contributed by atoms with Crippen LogP contribution in [-0.4, -0.2) is 25.0 Å². The lowest BCUT2D eigenvalue weighted by Gasteiger charge is -2.32. The first-order valence-electron chi connectivity index (χ1n) is 9.49. The van der Waals surface area contributed by atoms with E-state index in [9.17, 15) is 18.0 Å². The quantitative estimate of drug-likeness (QED) is 0.843. The number of rotatable bonds is 4. The normalized spacial score (nSPS) is 25.8. The van der Waals surface area contributed by atoms with Crippen LogP contribution in [0.4, 0.5) is 13.2 Å². The molecule has 144 valence electrons. The van der Waals surface area contributed by atoms with E-state index in [0.717, 1.165) is 51.1 Å². The Labute approximate surface area is 152 Å². The van der Waals surface area contributed by atoms with Crippen LogP contribution in [0.2, 0.25) is 0 Å². The molecule has 0 radical (unpaired) electrons. The predicted octanol–water partition coefficient (Wildman–Crippen LogP) is 4.02. The van der Waals surface area contributed by atoms with E-state index in [1.165, 1.54) is 12.1 Å². The summed E-state index contributed by atoms with van der Waals surface area (Å²) < 4.78 is 39.3. The molecule has 1 aliphatic carbocycles. The summed E-state index contributed by atoms with van der Waals surface area (Å²) in [5, 5.41) is 6.40. The van der Waals surface area contributed by atoms with Crippen LogP contribution < -0.4 is 10.6 Å². The van der Waals surface area contributed by atoms with Gasteiger partial charge < -0.3 is 10.6 Å². The van der Waals surface area contributed by atoms with Gasteiger partial charge in [-0.05, 0) is 50.8 Å². The van der Waals surface area contributed by atoms with Gasteiger partial charge in [0, 0.05) is 23.9 Å². The van der Waals surface area contributed by atoms with Crippen molar-refractivity contribution in [2.24, 2.45) is 5.92 Å². The second-order valence-electron chi connectivity index (χ2n) is 7.86. The number of benzene rings is 1. The highest BCUT2D eigenvalue weighted by atomic mass is 19.4. The van der Waals surface area contributed by atoms with E-state index in [2.05, 4.69) is 17.6 Å². The van der Waals surface area contributed by atoms with Crippen molar-refractivity contribution in [2.75, 3.05) is 13.1 Å². The van der Waals surface area contributed by atoms with Crippen molar-refractivity contribution < 1.29 is 18.0 Å². The van der Waals surface area contributed by atoms with Gasteiger partial charge in [-0.3, -0.25) is 4.79 Å². The molecule has 1 saturated heterocycles. The van der Waals surface area contributed by atoms with Crippen molar-refractivity contribution in [2.45, 2.75) is 63.1 Å². The number of amides is 1. The molecule has 2 aliphatic rings. The maximum Gasteiger partial charge on any atom is 0.416 e. The summed E-state index contributed by atoms with van der Waals surface area (Å²) >= 11 is 0. The molecule has 6 heteroatoms. The highest BCUT2D eigenvalue weighted by Crippen LogP contribution is 2.42. The van der Waals surface area contributed by atoms with E-state index < -0.39 is 11.7 Å². The molecule has 1 aromatic carbocycles. The van der Waals surface area contributed by atoms with Crippen LogP contribution in [0.25, 0.3) is 0 Å². The monoisotopic (exact) mass is 368 g/mol. The Bertz CT molecular complexity index is 638. The van der Waals surface area contributed by atoms with Crippen LogP contribution >= 0.6 is 0 Å². The average Bonchev–Trinajstić information content (AvgIpc) is 3.09. The third-order valence-electron chi connectivity index (χ3n) is 5.96.